The number of hydrogen-bond donors (Lipinski definition) is 1. The largest absolute Gasteiger partial charge is 0.491 e. The number of nitrogens with two attached hydrogens (primary N) is 1. The first-order chi connectivity index (χ1) is 8.13. The fourth-order valence-corrected chi connectivity index (χ4v) is 1.62. The molecule has 17 heavy (non-hydrogen) atoms. The van der Waals surface area contributed by atoms with Gasteiger partial charge in [0, 0.05) is 10.6 Å². The van der Waals surface area contributed by atoms with Crippen LogP contribution in [0, 0.1) is 5.82 Å². The van der Waals surface area contributed by atoms with Crippen molar-refractivity contribution in [2.45, 2.75) is 0 Å². The predicted molar refractivity (Wildman–Crippen MR) is 63.4 cm³/mol. The van der Waals surface area contributed by atoms with E-state index in [1.807, 2.05) is 0 Å². The van der Waals surface area contributed by atoms with E-state index in [0.717, 1.165) is 0 Å². The zero-order valence-electron chi connectivity index (χ0n) is 8.95. The quantitative estimate of drug-likeness (QED) is 0.893. The van der Waals surface area contributed by atoms with Gasteiger partial charge in [0.25, 0.3) is 0 Å². The van der Waals surface area contributed by atoms with Crippen LogP contribution in [0.3, 0.4) is 0 Å². The van der Waals surface area contributed by atoms with Crippen LogP contribution in [0.1, 0.15) is 0 Å². The molecular weight excluding hydrogens is 245 g/mol. The lowest BCUT2D eigenvalue weighted by Crippen LogP contribution is -2.00. The molecule has 0 aliphatic heterocycles. The standard InChI is InChI=1S/C11H9ClFN3O/c1-17-10-9(15-5-16-11(10)14)7-3-2-6(12)4-8(7)13/h2-5H,1H3,(H2,14,15,16). The van der Waals surface area contributed by atoms with Crippen molar-refractivity contribution >= 4 is 17.4 Å². The third-order valence-corrected chi connectivity index (χ3v) is 2.46. The van der Waals surface area contributed by atoms with Gasteiger partial charge in [0.15, 0.2) is 11.6 Å². The zero-order valence-corrected chi connectivity index (χ0v) is 9.70. The summed E-state index contributed by atoms with van der Waals surface area (Å²) in [6.45, 7) is 0. The summed E-state index contributed by atoms with van der Waals surface area (Å²) in [5, 5.41) is 0.312. The molecule has 0 saturated heterocycles. The first-order valence-electron chi connectivity index (χ1n) is 4.73. The minimum absolute atomic E-state index is 0.159. The van der Waals surface area contributed by atoms with Gasteiger partial charge in [0.05, 0.1) is 7.11 Å². The number of hydrogen-bond acceptors (Lipinski definition) is 4. The van der Waals surface area contributed by atoms with Crippen molar-refractivity contribution < 1.29 is 9.13 Å². The number of nitrogens with zero attached hydrogens (tertiary/aromatic N) is 2. The molecule has 0 aliphatic carbocycles. The number of rotatable bonds is 2. The molecule has 4 nitrogen and oxygen atoms in total. The summed E-state index contributed by atoms with van der Waals surface area (Å²) in [6.07, 6.45) is 1.25. The van der Waals surface area contributed by atoms with Gasteiger partial charge in [0.1, 0.15) is 17.8 Å². The Morgan fingerprint density at radius 2 is 2.12 bits per heavy atom. The maximum absolute atomic E-state index is 13.7. The minimum Gasteiger partial charge on any atom is -0.491 e. The van der Waals surface area contributed by atoms with Crippen molar-refractivity contribution in [1.82, 2.24) is 9.97 Å². The molecule has 0 bridgehead atoms. The first kappa shape index (κ1) is 11.6. The fourth-order valence-electron chi connectivity index (χ4n) is 1.46. The second-order valence-corrected chi connectivity index (χ2v) is 3.70. The molecule has 2 aromatic rings. The van der Waals surface area contributed by atoms with Gasteiger partial charge in [-0.15, -0.1) is 0 Å². The Morgan fingerprint density at radius 3 is 2.76 bits per heavy atom. The number of benzene rings is 1. The lowest BCUT2D eigenvalue weighted by Gasteiger charge is -2.09. The summed E-state index contributed by atoms with van der Waals surface area (Å²) in [5.41, 5.74) is 6.19. The van der Waals surface area contributed by atoms with Crippen LogP contribution in [0.25, 0.3) is 11.3 Å². The van der Waals surface area contributed by atoms with Crippen molar-refractivity contribution in [2.75, 3.05) is 12.8 Å². The zero-order chi connectivity index (χ0) is 12.4. The highest BCUT2D eigenvalue weighted by Gasteiger charge is 2.15. The fraction of sp³-hybridized carbons (Fsp3) is 0.0909. The number of halogens is 2. The van der Waals surface area contributed by atoms with Crippen molar-refractivity contribution in [1.29, 1.82) is 0 Å². The summed E-state index contributed by atoms with van der Waals surface area (Å²) < 4.78 is 18.8. The maximum atomic E-state index is 13.7. The highest BCUT2D eigenvalue weighted by Crippen LogP contribution is 2.33. The molecule has 6 heteroatoms. The van der Waals surface area contributed by atoms with Crippen molar-refractivity contribution in [3.63, 3.8) is 0 Å². The Bertz CT molecular complexity index is 562. The van der Waals surface area contributed by atoms with Crippen LogP contribution in [-0.2, 0) is 0 Å². The van der Waals surface area contributed by atoms with Gasteiger partial charge < -0.3 is 10.5 Å². The van der Waals surface area contributed by atoms with E-state index in [0.29, 0.717) is 10.7 Å². The molecule has 2 N–H and O–H groups in total. The van der Waals surface area contributed by atoms with E-state index in [1.54, 1.807) is 6.07 Å². The number of ether oxygens (including phenoxy) is 1. The topological polar surface area (TPSA) is 61.0 Å². The normalized spacial score (nSPS) is 10.3. The van der Waals surface area contributed by atoms with Crippen LogP contribution < -0.4 is 10.5 Å². The van der Waals surface area contributed by atoms with Crippen LogP contribution in [0.2, 0.25) is 5.02 Å². The van der Waals surface area contributed by atoms with E-state index in [9.17, 15) is 4.39 Å². The smallest absolute Gasteiger partial charge is 0.187 e. The predicted octanol–water partition coefficient (Wildman–Crippen LogP) is 2.53. The summed E-state index contributed by atoms with van der Waals surface area (Å²) in [5.74, 6) is -0.0885. The van der Waals surface area contributed by atoms with Crippen LogP contribution in [-0.4, -0.2) is 17.1 Å². The van der Waals surface area contributed by atoms with Gasteiger partial charge >= 0.3 is 0 Å². The van der Waals surface area contributed by atoms with Gasteiger partial charge in [-0.05, 0) is 18.2 Å². The summed E-state index contributed by atoms with van der Waals surface area (Å²) in [4.78, 5) is 7.75. The van der Waals surface area contributed by atoms with E-state index < -0.39 is 5.82 Å². The van der Waals surface area contributed by atoms with E-state index >= 15 is 0 Å². The average molecular weight is 254 g/mol. The second-order valence-electron chi connectivity index (χ2n) is 3.26. The molecule has 0 atom stereocenters. The molecule has 88 valence electrons. The molecule has 2 rings (SSSR count). The molecule has 0 fully saturated rings. The third-order valence-electron chi connectivity index (χ3n) is 2.22. The lowest BCUT2D eigenvalue weighted by atomic mass is 10.1. The monoisotopic (exact) mass is 253 g/mol. The second kappa shape index (κ2) is 4.55. The van der Waals surface area contributed by atoms with Gasteiger partial charge in [-0.25, -0.2) is 14.4 Å². The van der Waals surface area contributed by atoms with Gasteiger partial charge in [-0.2, -0.15) is 0 Å². The molecule has 0 amide bonds. The molecule has 1 aromatic heterocycles. The number of nitrogen functional groups attached to an aromatic ring is 1. The van der Waals surface area contributed by atoms with Crippen LogP contribution in [0.4, 0.5) is 10.2 Å². The first-order valence-corrected chi connectivity index (χ1v) is 5.11. The number of aromatic nitrogens is 2. The van der Waals surface area contributed by atoms with E-state index in [2.05, 4.69) is 9.97 Å². The highest BCUT2D eigenvalue weighted by atomic mass is 35.5. The van der Waals surface area contributed by atoms with E-state index in [-0.39, 0.29) is 17.1 Å². The Kier molecular flexibility index (Phi) is 3.10. The molecular formula is C11H9ClFN3O. The Hall–Kier alpha value is -1.88. The molecule has 1 aromatic carbocycles. The van der Waals surface area contributed by atoms with Crippen LogP contribution in [0.5, 0.6) is 5.75 Å². The molecule has 0 spiro atoms. The Morgan fingerprint density at radius 1 is 1.35 bits per heavy atom. The number of anilines is 1. The van der Waals surface area contributed by atoms with Crippen molar-refractivity contribution in [2.24, 2.45) is 0 Å². The summed E-state index contributed by atoms with van der Waals surface area (Å²) >= 11 is 5.68. The molecule has 0 aliphatic rings. The molecule has 0 radical (unpaired) electrons. The molecule has 0 unspecified atom stereocenters. The minimum atomic E-state index is -0.492. The highest BCUT2D eigenvalue weighted by molar-refractivity contribution is 6.30. The van der Waals surface area contributed by atoms with Gasteiger partial charge in [-0.1, -0.05) is 11.6 Å². The Balaban J connectivity index is 2.64. The van der Waals surface area contributed by atoms with Crippen molar-refractivity contribution in [3.05, 3.63) is 35.4 Å². The van der Waals surface area contributed by atoms with Gasteiger partial charge in [-0.3, -0.25) is 0 Å². The van der Waals surface area contributed by atoms with E-state index in [1.165, 1.54) is 25.6 Å². The van der Waals surface area contributed by atoms with E-state index in [4.69, 9.17) is 22.1 Å². The molecule has 0 saturated carbocycles. The summed E-state index contributed by atoms with van der Waals surface area (Å²) in [6, 6.07) is 4.29. The average Bonchev–Trinajstić information content (AvgIpc) is 2.29. The van der Waals surface area contributed by atoms with Gasteiger partial charge in [0.2, 0.25) is 0 Å². The third kappa shape index (κ3) is 2.14. The summed E-state index contributed by atoms with van der Waals surface area (Å²) in [7, 11) is 1.42. The lowest BCUT2D eigenvalue weighted by molar-refractivity contribution is 0.415. The SMILES string of the molecule is COc1c(N)ncnc1-c1ccc(Cl)cc1F. The van der Waals surface area contributed by atoms with Crippen LogP contribution >= 0.6 is 11.6 Å². The van der Waals surface area contributed by atoms with Crippen LogP contribution in [0.15, 0.2) is 24.5 Å². The number of methoxy groups -OCH3 is 1. The van der Waals surface area contributed by atoms with Crippen molar-refractivity contribution in [3.8, 4) is 17.0 Å². The molecule has 1 heterocycles. The maximum Gasteiger partial charge on any atom is 0.187 e. The Labute approximate surface area is 102 Å².